The quantitative estimate of drug-likeness (QED) is 0.431. The first kappa shape index (κ1) is 22.2. The normalized spacial score (nSPS) is 16.5. The number of rotatable bonds is 4. The molecule has 1 atom stereocenters. The summed E-state index contributed by atoms with van der Waals surface area (Å²) in [5, 5.41) is 4.21. The molecule has 0 amide bonds. The predicted molar refractivity (Wildman–Crippen MR) is 123 cm³/mol. The molecule has 7 nitrogen and oxygen atoms in total. The summed E-state index contributed by atoms with van der Waals surface area (Å²) in [7, 11) is 1.38. The van der Waals surface area contributed by atoms with E-state index in [2.05, 4.69) is 38.9 Å². The first-order valence-corrected chi connectivity index (χ1v) is 10.6. The highest BCUT2D eigenvalue weighted by Crippen LogP contribution is 2.25. The molecule has 0 spiro atoms. The average Bonchev–Trinajstić information content (AvgIpc) is 2.74. The molecular weight excluding hydrogens is 422 g/mol. The summed E-state index contributed by atoms with van der Waals surface area (Å²) < 4.78 is 4.87. The fourth-order valence-electron chi connectivity index (χ4n) is 3.63. The van der Waals surface area contributed by atoms with Gasteiger partial charge in [0, 0.05) is 31.5 Å². The number of aromatic nitrogens is 2. The fraction of sp³-hybridized carbons (Fsp3) is 0.429. The monoisotopic (exact) mass is 447 g/mol. The van der Waals surface area contributed by atoms with Crippen LogP contribution >= 0.6 is 23.8 Å². The molecule has 1 saturated heterocycles. The lowest BCUT2D eigenvalue weighted by Gasteiger charge is -2.45. The summed E-state index contributed by atoms with van der Waals surface area (Å²) in [6, 6.07) is 7.55. The van der Waals surface area contributed by atoms with Gasteiger partial charge in [0.15, 0.2) is 5.11 Å². The topological polar surface area (TPSA) is 70.6 Å². The van der Waals surface area contributed by atoms with Crippen molar-refractivity contribution in [3.8, 4) is 0 Å². The number of hydrogen-bond donors (Lipinski definition) is 1. The lowest BCUT2D eigenvalue weighted by molar-refractivity contribution is 0.0600. The maximum absolute atomic E-state index is 12.0. The van der Waals surface area contributed by atoms with E-state index in [0.717, 1.165) is 36.7 Å². The number of halogens is 1. The maximum atomic E-state index is 12.0. The number of thiocarbonyl (C=S) groups is 1. The van der Waals surface area contributed by atoms with Gasteiger partial charge < -0.3 is 19.9 Å². The molecule has 1 fully saturated rings. The highest BCUT2D eigenvalue weighted by Gasteiger charge is 2.31. The molecule has 3 rings (SSSR count). The van der Waals surface area contributed by atoms with E-state index in [0.29, 0.717) is 16.6 Å². The minimum absolute atomic E-state index is 0.191. The van der Waals surface area contributed by atoms with Crippen LogP contribution in [0.2, 0.25) is 5.28 Å². The zero-order valence-corrected chi connectivity index (χ0v) is 19.1. The molecule has 1 N–H and O–H groups in total. The highest BCUT2D eigenvalue weighted by molar-refractivity contribution is 7.80. The number of piperazine rings is 1. The Bertz CT molecular complexity index is 939. The first-order valence-electron chi connectivity index (χ1n) is 9.81. The Hall–Kier alpha value is -2.45. The zero-order chi connectivity index (χ0) is 21.8. The molecule has 2 heterocycles. The van der Waals surface area contributed by atoms with Crippen molar-refractivity contribution >= 4 is 46.4 Å². The number of carbonyl (C=O) groups is 1. The van der Waals surface area contributed by atoms with Gasteiger partial charge in [0.25, 0.3) is 0 Å². The van der Waals surface area contributed by atoms with Gasteiger partial charge in [-0.3, -0.25) is 0 Å². The smallest absolute Gasteiger partial charge is 0.338 e. The van der Waals surface area contributed by atoms with Crippen LogP contribution in [0.1, 0.15) is 29.8 Å². The third-order valence-corrected chi connectivity index (χ3v) is 5.88. The van der Waals surface area contributed by atoms with Crippen molar-refractivity contribution in [2.45, 2.75) is 26.8 Å². The number of nitrogens with one attached hydrogen (secondary N) is 1. The Kier molecular flexibility index (Phi) is 7.10. The minimum atomic E-state index is -0.362. The van der Waals surface area contributed by atoms with Gasteiger partial charge in [0.05, 0.1) is 18.7 Å². The van der Waals surface area contributed by atoms with Gasteiger partial charge in [-0.25, -0.2) is 14.8 Å². The third-order valence-electron chi connectivity index (χ3n) is 5.37. The van der Waals surface area contributed by atoms with Gasteiger partial charge in [-0.2, -0.15) is 0 Å². The van der Waals surface area contributed by atoms with Crippen molar-refractivity contribution in [1.29, 1.82) is 0 Å². The second-order valence-corrected chi connectivity index (χ2v) is 8.26. The van der Waals surface area contributed by atoms with E-state index in [-0.39, 0.29) is 17.3 Å². The summed E-state index contributed by atoms with van der Waals surface area (Å²) >= 11 is 11.7. The lowest BCUT2D eigenvalue weighted by Crippen LogP contribution is -2.58. The molecule has 2 aromatic rings. The third kappa shape index (κ3) is 4.82. The van der Waals surface area contributed by atoms with Crippen LogP contribution in [0.3, 0.4) is 0 Å². The van der Waals surface area contributed by atoms with Gasteiger partial charge in [-0.15, -0.1) is 0 Å². The van der Waals surface area contributed by atoms with Crippen molar-refractivity contribution in [2.75, 3.05) is 37.0 Å². The molecule has 0 radical (unpaired) electrons. The van der Waals surface area contributed by atoms with Crippen LogP contribution in [0.5, 0.6) is 0 Å². The van der Waals surface area contributed by atoms with Crippen molar-refractivity contribution in [3.63, 3.8) is 0 Å². The molecule has 9 heteroatoms. The van der Waals surface area contributed by atoms with Gasteiger partial charge in [-0.1, -0.05) is 19.9 Å². The zero-order valence-electron chi connectivity index (χ0n) is 17.6. The van der Waals surface area contributed by atoms with E-state index in [4.69, 9.17) is 28.6 Å². The second-order valence-electron chi connectivity index (χ2n) is 7.53. The number of anilines is 2. The molecule has 1 aliphatic heterocycles. The molecule has 1 aromatic heterocycles. The van der Waals surface area contributed by atoms with E-state index in [1.54, 1.807) is 12.3 Å². The van der Waals surface area contributed by atoms with E-state index >= 15 is 0 Å². The molecular formula is C21H26ClN5O2S. The molecule has 30 heavy (non-hydrogen) atoms. The van der Waals surface area contributed by atoms with Gasteiger partial charge in [0.2, 0.25) is 5.28 Å². The maximum Gasteiger partial charge on any atom is 0.338 e. The lowest BCUT2D eigenvalue weighted by atomic mass is 10.00. The largest absolute Gasteiger partial charge is 0.465 e. The molecule has 1 aromatic carbocycles. The number of esters is 1. The number of hydrogen-bond acceptors (Lipinski definition) is 6. The fourth-order valence-corrected chi connectivity index (χ4v) is 4.11. The Morgan fingerprint density at radius 3 is 2.77 bits per heavy atom. The predicted octanol–water partition coefficient (Wildman–Crippen LogP) is 3.77. The van der Waals surface area contributed by atoms with Crippen LogP contribution in [-0.2, 0) is 4.74 Å². The number of carbonyl (C=O) groups excluding carboxylic acids is 1. The number of benzene rings is 1. The minimum Gasteiger partial charge on any atom is -0.465 e. The van der Waals surface area contributed by atoms with E-state index in [9.17, 15) is 4.79 Å². The van der Waals surface area contributed by atoms with Crippen LogP contribution < -0.4 is 10.2 Å². The highest BCUT2D eigenvalue weighted by atomic mass is 35.5. The first-order chi connectivity index (χ1) is 14.3. The second kappa shape index (κ2) is 9.57. The summed E-state index contributed by atoms with van der Waals surface area (Å²) in [5.41, 5.74) is 2.13. The van der Waals surface area contributed by atoms with Crippen LogP contribution in [0.4, 0.5) is 11.5 Å². The standard InChI is InChI=1S/C21H26ClN5O2S/c1-13(2)17-12-26(18-8-9-23-20(22)25-18)10-11-27(17)21(30)24-16-7-5-6-15(14(16)3)19(28)29-4/h5-9,13,17H,10-12H2,1-4H3,(H,24,30). The summed E-state index contributed by atoms with van der Waals surface area (Å²) in [5.74, 6) is 0.826. The number of ether oxygens (including phenoxy) is 1. The Balaban J connectivity index is 1.77. The van der Waals surface area contributed by atoms with Crippen molar-refractivity contribution in [3.05, 3.63) is 46.9 Å². The van der Waals surface area contributed by atoms with Crippen LogP contribution in [0.25, 0.3) is 0 Å². The molecule has 0 bridgehead atoms. The Morgan fingerprint density at radius 2 is 2.10 bits per heavy atom. The van der Waals surface area contributed by atoms with Gasteiger partial charge >= 0.3 is 5.97 Å². The Labute approximate surface area is 187 Å². The van der Waals surface area contributed by atoms with E-state index < -0.39 is 0 Å². The molecule has 0 saturated carbocycles. The summed E-state index contributed by atoms with van der Waals surface area (Å²) in [6.45, 7) is 8.52. The van der Waals surface area contributed by atoms with Crippen molar-refractivity contribution in [2.24, 2.45) is 5.92 Å². The van der Waals surface area contributed by atoms with Gasteiger partial charge in [-0.05, 0) is 60.4 Å². The van der Waals surface area contributed by atoms with E-state index in [1.807, 2.05) is 25.1 Å². The molecule has 1 unspecified atom stereocenters. The van der Waals surface area contributed by atoms with Crippen LogP contribution in [0.15, 0.2) is 30.5 Å². The van der Waals surface area contributed by atoms with Crippen molar-refractivity contribution in [1.82, 2.24) is 14.9 Å². The van der Waals surface area contributed by atoms with Crippen molar-refractivity contribution < 1.29 is 9.53 Å². The number of methoxy groups -OCH3 is 1. The average molecular weight is 448 g/mol. The SMILES string of the molecule is COC(=O)c1cccc(NC(=S)N2CCN(c3ccnc(Cl)n3)CC2C(C)C)c1C. The van der Waals surface area contributed by atoms with Crippen LogP contribution in [-0.4, -0.2) is 58.7 Å². The Morgan fingerprint density at radius 1 is 1.33 bits per heavy atom. The molecule has 0 aliphatic carbocycles. The van der Waals surface area contributed by atoms with Crippen LogP contribution in [0, 0.1) is 12.8 Å². The van der Waals surface area contributed by atoms with E-state index in [1.165, 1.54) is 7.11 Å². The summed E-state index contributed by atoms with van der Waals surface area (Å²) in [6.07, 6.45) is 1.67. The van der Waals surface area contributed by atoms with Gasteiger partial charge in [0.1, 0.15) is 5.82 Å². The number of nitrogens with zero attached hydrogens (tertiary/aromatic N) is 4. The molecule has 160 valence electrons. The molecule has 1 aliphatic rings. The summed E-state index contributed by atoms with van der Waals surface area (Å²) in [4.78, 5) is 24.7.